The van der Waals surface area contributed by atoms with Crippen LogP contribution < -0.4 is 0 Å². The fraction of sp³-hybridized carbons (Fsp3) is 0.294. The van der Waals surface area contributed by atoms with Crippen molar-refractivity contribution < 1.29 is 23.0 Å². The van der Waals surface area contributed by atoms with Crippen LogP contribution >= 0.6 is 0 Å². The third-order valence-electron chi connectivity index (χ3n) is 3.36. The molecule has 0 amide bonds. The quantitative estimate of drug-likeness (QED) is 0.864. The lowest BCUT2D eigenvalue weighted by Gasteiger charge is -2.29. The van der Waals surface area contributed by atoms with Gasteiger partial charge in [0.05, 0.1) is 19.8 Å². The molecule has 1 aliphatic rings. The molecule has 0 aromatic heterocycles. The molecule has 0 atom stereocenters. The molecule has 5 heteroatoms. The van der Waals surface area contributed by atoms with E-state index in [-0.39, 0.29) is 17.7 Å². The third-order valence-corrected chi connectivity index (χ3v) is 3.36. The second-order valence-electron chi connectivity index (χ2n) is 5.12. The highest BCUT2D eigenvalue weighted by molar-refractivity contribution is 5.18. The second-order valence-corrected chi connectivity index (χ2v) is 5.12. The zero-order valence-electron chi connectivity index (χ0n) is 11.9. The molecule has 0 spiro atoms. The summed E-state index contributed by atoms with van der Waals surface area (Å²) in [6.07, 6.45) is -0.808. The van der Waals surface area contributed by atoms with Crippen molar-refractivity contribution in [3.8, 4) is 0 Å². The van der Waals surface area contributed by atoms with E-state index >= 15 is 0 Å². The van der Waals surface area contributed by atoms with Crippen molar-refractivity contribution >= 4 is 0 Å². The average molecular weight is 306 g/mol. The predicted octanol–water partition coefficient (Wildman–Crippen LogP) is 3.60. The van der Waals surface area contributed by atoms with Gasteiger partial charge in [-0.15, -0.1) is 0 Å². The first-order chi connectivity index (χ1) is 10.7. The van der Waals surface area contributed by atoms with Crippen molar-refractivity contribution in [1.82, 2.24) is 0 Å². The molecule has 0 radical (unpaired) electrons. The molecule has 1 aliphatic heterocycles. The van der Waals surface area contributed by atoms with Crippen LogP contribution in [-0.2, 0) is 20.8 Å². The van der Waals surface area contributed by atoms with E-state index in [2.05, 4.69) is 0 Å². The van der Waals surface area contributed by atoms with Gasteiger partial charge in [0.2, 0.25) is 0 Å². The van der Waals surface area contributed by atoms with E-state index < -0.39 is 6.29 Å². The molecule has 0 N–H and O–H groups in total. The minimum Gasteiger partial charge on any atom is -0.369 e. The molecule has 2 aromatic carbocycles. The number of benzene rings is 2. The summed E-state index contributed by atoms with van der Waals surface area (Å²) in [5.41, 5.74) is 1.40. The predicted molar refractivity (Wildman–Crippen MR) is 76.0 cm³/mol. The Kier molecular flexibility index (Phi) is 4.77. The average Bonchev–Trinajstić information content (AvgIpc) is 2.54. The molecule has 1 saturated heterocycles. The highest BCUT2D eigenvalue weighted by Crippen LogP contribution is 2.24. The maximum atomic E-state index is 13.2. The first kappa shape index (κ1) is 15.1. The Balaban J connectivity index is 1.49. The first-order valence-corrected chi connectivity index (χ1v) is 7.05. The largest absolute Gasteiger partial charge is 0.369 e. The molecule has 3 rings (SSSR count). The molecule has 22 heavy (non-hydrogen) atoms. The lowest BCUT2D eigenvalue weighted by Crippen LogP contribution is -2.33. The summed E-state index contributed by atoms with van der Waals surface area (Å²) in [5, 5.41) is 0. The van der Waals surface area contributed by atoms with Crippen LogP contribution in [0, 0.1) is 11.6 Å². The van der Waals surface area contributed by atoms with Crippen LogP contribution in [-0.4, -0.2) is 19.3 Å². The zero-order chi connectivity index (χ0) is 15.4. The van der Waals surface area contributed by atoms with Crippen LogP contribution in [0.3, 0.4) is 0 Å². The van der Waals surface area contributed by atoms with E-state index in [4.69, 9.17) is 14.2 Å². The van der Waals surface area contributed by atoms with Crippen LogP contribution in [0.25, 0.3) is 0 Å². The summed E-state index contributed by atoms with van der Waals surface area (Å²) in [6.45, 7) is 0.979. The minimum absolute atomic E-state index is 0.229. The summed E-state index contributed by atoms with van der Waals surface area (Å²) < 4.78 is 43.0. The van der Waals surface area contributed by atoms with Crippen LogP contribution in [0.5, 0.6) is 0 Å². The Morgan fingerprint density at radius 1 is 0.955 bits per heavy atom. The van der Waals surface area contributed by atoms with Crippen molar-refractivity contribution in [2.75, 3.05) is 13.2 Å². The van der Waals surface area contributed by atoms with Gasteiger partial charge in [-0.2, -0.15) is 0 Å². The molecule has 1 fully saturated rings. The SMILES string of the molecule is Fc1cccc(COC2COC(c3cccc(F)c3)OC2)c1. The Hall–Kier alpha value is -1.82. The van der Waals surface area contributed by atoms with Gasteiger partial charge < -0.3 is 14.2 Å². The highest BCUT2D eigenvalue weighted by atomic mass is 19.1. The van der Waals surface area contributed by atoms with Gasteiger partial charge in [-0.3, -0.25) is 0 Å². The molecule has 0 unspecified atom stereocenters. The van der Waals surface area contributed by atoms with Crippen LogP contribution in [0.15, 0.2) is 48.5 Å². The lowest BCUT2D eigenvalue weighted by atomic mass is 10.2. The maximum absolute atomic E-state index is 13.2. The summed E-state index contributed by atoms with van der Waals surface area (Å²) in [7, 11) is 0. The third kappa shape index (κ3) is 3.88. The van der Waals surface area contributed by atoms with Gasteiger partial charge in [-0.05, 0) is 29.8 Å². The Bertz CT molecular complexity index is 625. The van der Waals surface area contributed by atoms with Crippen LogP contribution in [0.1, 0.15) is 17.4 Å². The molecular formula is C17H16F2O3. The zero-order valence-corrected chi connectivity index (χ0v) is 11.9. The number of ether oxygens (including phenoxy) is 3. The van der Waals surface area contributed by atoms with Gasteiger partial charge in [-0.25, -0.2) is 8.78 Å². The van der Waals surface area contributed by atoms with Crippen LogP contribution in [0.4, 0.5) is 8.78 Å². The lowest BCUT2D eigenvalue weighted by molar-refractivity contribution is -0.232. The first-order valence-electron chi connectivity index (χ1n) is 7.05. The van der Waals surface area contributed by atoms with E-state index in [1.165, 1.54) is 24.3 Å². The molecule has 3 nitrogen and oxygen atoms in total. The normalized spacial score (nSPS) is 21.7. The second kappa shape index (κ2) is 6.96. The van der Waals surface area contributed by atoms with E-state index in [0.29, 0.717) is 25.4 Å². The van der Waals surface area contributed by atoms with E-state index in [1.54, 1.807) is 24.3 Å². The number of halogens is 2. The monoisotopic (exact) mass is 306 g/mol. The van der Waals surface area contributed by atoms with Gasteiger partial charge >= 0.3 is 0 Å². The Morgan fingerprint density at radius 3 is 2.32 bits per heavy atom. The van der Waals surface area contributed by atoms with Gasteiger partial charge in [0.1, 0.15) is 17.7 Å². The fourth-order valence-electron chi connectivity index (χ4n) is 2.27. The van der Waals surface area contributed by atoms with Gasteiger partial charge in [0.15, 0.2) is 6.29 Å². The summed E-state index contributed by atoms with van der Waals surface area (Å²) in [6, 6.07) is 12.4. The van der Waals surface area contributed by atoms with Crippen molar-refractivity contribution in [3.63, 3.8) is 0 Å². The Labute approximate surface area is 127 Å². The van der Waals surface area contributed by atoms with E-state index in [9.17, 15) is 8.78 Å². The summed E-state index contributed by atoms with van der Waals surface area (Å²) >= 11 is 0. The van der Waals surface area contributed by atoms with Gasteiger partial charge in [0, 0.05) is 5.56 Å². The van der Waals surface area contributed by atoms with E-state index in [0.717, 1.165) is 5.56 Å². The van der Waals surface area contributed by atoms with E-state index in [1.807, 2.05) is 0 Å². The van der Waals surface area contributed by atoms with Crippen molar-refractivity contribution in [2.45, 2.75) is 19.0 Å². The molecule has 0 bridgehead atoms. The van der Waals surface area contributed by atoms with Crippen molar-refractivity contribution in [2.24, 2.45) is 0 Å². The topological polar surface area (TPSA) is 27.7 Å². The standard InChI is InChI=1S/C17H16F2O3/c18-14-5-1-3-12(7-14)9-20-16-10-21-17(22-11-16)13-4-2-6-15(19)8-13/h1-8,16-17H,9-11H2. The number of hydrogen-bond acceptors (Lipinski definition) is 3. The molecule has 2 aromatic rings. The maximum Gasteiger partial charge on any atom is 0.184 e. The highest BCUT2D eigenvalue weighted by Gasteiger charge is 2.24. The summed E-state index contributed by atoms with van der Waals surface area (Å²) in [5.74, 6) is -0.613. The van der Waals surface area contributed by atoms with Crippen molar-refractivity contribution in [1.29, 1.82) is 0 Å². The Morgan fingerprint density at radius 2 is 1.64 bits per heavy atom. The molecule has 0 saturated carbocycles. The molecule has 0 aliphatic carbocycles. The number of hydrogen-bond donors (Lipinski definition) is 0. The molecule has 116 valence electrons. The smallest absolute Gasteiger partial charge is 0.184 e. The molecule has 1 heterocycles. The fourth-order valence-corrected chi connectivity index (χ4v) is 2.27. The van der Waals surface area contributed by atoms with Gasteiger partial charge in [-0.1, -0.05) is 24.3 Å². The molecular weight excluding hydrogens is 290 g/mol. The van der Waals surface area contributed by atoms with Gasteiger partial charge in [0.25, 0.3) is 0 Å². The minimum atomic E-state index is -0.579. The van der Waals surface area contributed by atoms with Crippen molar-refractivity contribution in [3.05, 3.63) is 71.3 Å². The van der Waals surface area contributed by atoms with Crippen LogP contribution in [0.2, 0.25) is 0 Å². The number of rotatable bonds is 4. The summed E-state index contributed by atoms with van der Waals surface area (Å²) in [4.78, 5) is 0.